The molecule has 0 spiro atoms. The number of fused-ring (bicyclic) bond motifs is 1. The van der Waals surface area contributed by atoms with Gasteiger partial charge in [0.05, 0.1) is 11.2 Å². The molecule has 2 heterocycles. The fourth-order valence-electron chi connectivity index (χ4n) is 4.47. The Bertz CT molecular complexity index is 1270. The number of halogens is 6. The zero-order valence-corrected chi connectivity index (χ0v) is 19.9. The summed E-state index contributed by atoms with van der Waals surface area (Å²) in [7, 11) is 0. The molecule has 0 bridgehead atoms. The zero-order chi connectivity index (χ0) is 26.3. The molecule has 1 aliphatic rings. The largest absolute Gasteiger partial charge is 0.449 e. The van der Waals surface area contributed by atoms with Gasteiger partial charge in [-0.3, -0.25) is 4.79 Å². The van der Waals surface area contributed by atoms with Gasteiger partial charge in [0.1, 0.15) is 10.6 Å². The van der Waals surface area contributed by atoms with Crippen molar-refractivity contribution in [1.82, 2.24) is 9.97 Å². The van der Waals surface area contributed by atoms with Crippen molar-refractivity contribution in [3.8, 4) is 5.19 Å². The average Bonchev–Trinajstić information content (AvgIpc) is 3.24. The number of nitrogens with zero attached hydrogens (tertiary/aromatic N) is 3. The first-order chi connectivity index (χ1) is 16.8. The van der Waals surface area contributed by atoms with Crippen molar-refractivity contribution in [3.63, 3.8) is 0 Å². The number of aromatic nitrogens is 2. The molecular formula is C23H22F6N4O2S. The van der Waals surface area contributed by atoms with Crippen molar-refractivity contribution >= 4 is 33.8 Å². The van der Waals surface area contributed by atoms with Crippen LogP contribution in [0.2, 0.25) is 0 Å². The Morgan fingerprint density at radius 3 is 2.33 bits per heavy atom. The number of anilines is 1. The summed E-state index contributed by atoms with van der Waals surface area (Å²) in [6.45, 7) is 1.49. The van der Waals surface area contributed by atoms with E-state index in [4.69, 9.17) is 10.5 Å². The van der Waals surface area contributed by atoms with Gasteiger partial charge in [-0.15, -0.1) is 0 Å². The number of alkyl halides is 6. The highest BCUT2D eigenvalue weighted by Gasteiger charge is 2.41. The lowest BCUT2D eigenvalue weighted by atomic mass is 9.81. The normalized spacial score (nSPS) is 16.2. The van der Waals surface area contributed by atoms with Gasteiger partial charge in [0.15, 0.2) is 12.4 Å². The van der Waals surface area contributed by atoms with Gasteiger partial charge in [-0.05, 0) is 31.9 Å². The molecule has 4 rings (SSSR count). The van der Waals surface area contributed by atoms with Gasteiger partial charge in [-0.1, -0.05) is 48.8 Å². The van der Waals surface area contributed by atoms with Gasteiger partial charge in [0, 0.05) is 10.9 Å². The number of primary amides is 1. The van der Waals surface area contributed by atoms with Crippen LogP contribution in [0.1, 0.15) is 60.1 Å². The topological polar surface area (TPSA) is 81.3 Å². The number of carbonyl (C=O) groups is 1. The maximum atomic E-state index is 13.7. The van der Waals surface area contributed by atoms with Gasteiger partial charge >= 0.3 is 12.4 Å². The zero-order valence-electron chi connectivity index (χ0n) is 19.0. The number of pyridine rings is 1. The van der Waals surface area contributed by atoms with Crippen LogP contribution in [0.4, 0.5) is 32.0 Å². The second-order valence-electron chi connectivity index (χ2n) is 8.82. The highest BCUT2D eigenvalue weighted by Crippen LogP contribution is 2.42. The molecule has 1 aromatic carbocycles. The van der Waals surface area contributed by atoms with Crippen molar-refractivity contribution in [2.75, 3.05) is 11.6 Å². The summed E-state index contributed by atoms with van der Waals surface area (Å²) < 4.78 is 86.7. The van der Waals surface area contributed by atoms with Crippen LogP contribution in [0.15, 0.2) is 30.3 Å². The van der Waals surface area contributed by atoms with E-state index in [2.05, 4.69) is 9.97 Å². The Kier molecular flexibility index (Phi) is 6.80. The Morgan fingerprint density at radius 1 is 1.08 bits per heavy atom. The number of thiazole rings is 1. The molecule has 2 N–H and O–H groups in total. The number of carbonyl (C=O) groups excluding carboxylic acids is 1. The van der Waals surface area contributed by atoms with E-state index in [0.29, 0.717) is 29.6 Å². The van der Waals surface area contributed by atoms with E-state index in [1.807, 2.05) is 6.92 Å². The van der Waals surface area contributed by atoms with Crippen LogP contribution in [-0.4, -0.2) is 28.1 Å². The summed E-state index contributed by atoms with van der Waals surface area (Å²) in [4.78, 5) is 19.5. The van der Waals surface area contributed by atoms with Crippen LogP contribution < -0.4 is 15.4 Å². The summed E-state index contributed by atoms with van der Waals surface area (Å²) in [5, 5.41) is -0.0243. The Balaban J connectivity index is 1.80. The van der Waals surface area contributed by atoms with Crippen LogP contribution in [0.3, 0.4) is 0 Å². The van der Waals surface area contributed by atoms with E-state index in [0.717, 1.165) is 25.3 Å². The van der Waals surface area contributed by atoms with E-state index in [9.17, 15) is 31.1 Å². The smallest absolute Gasteiger partial charge is 0.435 e. The predicted molar refractivity (Wildman–Crippen MR) is 122 cm³/mol. The van der Waals surface area contributed by atoms with Crippen LogP contribution in [-0.2, 0) is 12.4 Å². The molecule has 0 aliphatic heterocycles. The monoisotopic (exact) mass is 532 g/mol. The minimum absolute atomic E-state index is 0.122. The summed E-state index contributed by atoms with van der Waals surface area (Å²) in [5.74, 6) is -1.30. The molecule has 1 aliphatic carbocycles. The summed E-state index contributed by atoms with van der Waals surface area (Å²) >= 11 is 0.341. The molecule has 3 aromatic rings. The molecule has 1 saturated carbocycles. The van der Waals surface area contributed by atoms with Crippen molar-refractivity contribution in [2.45, 2.75) is 56.9 Å². The molecule has 1 amide bonds. The minimum atomic E-state index is -4.93. The summed E-state index contributed by atoms with van der Waals surface area (Å²) in [6.07, 6.45) is -5.78. The lowest BCUT2D eigenvalue weighted by molar-refractivity contribution is -0.141. The molecule has 2 aromatic heterocycles. The molecule has 36 heavy (non-hydrogen) atoms. The van der Waals surface area contributed by atoms with E-state index >= 15 is 0 Å². The summed E-state index contributed by atoms with van der Waals surface area (Å²) in [6, 6.07) is 7.27. The van der Waals surface area contributed by atoms with Crippen molar-refractivity contribution < 1.29 is 35.9 Å². The molecule has 194 valence electrons. The number of hydrogen-bond donors (Lipinski definition) is 1. The number of ether oxygens (including phenoxy) is 1. The first-order valence-electron chi connectivity index (χ1n) is 11.0. The third kappa shape index (κ3) is 5.20. The number of benzene rings is 1. The molecule has 0 unspecified atom stereocenters. The second-order valence-corrected chi connectivity index (χ2v) is 9.78. The number of para-hydroxylation sites is 1. The number of rotatable bonds is 6. The van der Waals surface area contributed by atoms with E-state index in [-0.39, 0.29) is 11.2 Å². The Labute approximate surface area is 206 Å². The molecule has 13 heteroatoms. The number of amides is 1. The van der Waals surface area contributed by atoms with E-state index in [1.54, 1.807) is 23.1 Å². The first kappa shape index (κ1) is 26.0. The van der Waals surface area contributed by atoms with Gasteiger partial charge in [-0.2, -0.15) is 31.3 Å². The second kappa shape index (κ2) is 9.41. The molecule has 1 fully saturated rings. The Morgan fingerprint density at radius 2 is 1.75 bits per heavy atom. The van der Waals surface area contributed by atoms with Gasteiger partial charge in [0.25, 0.3) is 11.1 Å². The molecule has 0 atom stereocenters. The van der Waals surface area contributed by atoms with Crippen molar-refractivity contribution in [1.29, 1.82) is 0 Å². The molecule has 6 nitrogen and oxygen atoms in total. The van der Waals surface area contributed by atoms with Crippen LogP contribution in [0.25, 0.3) is 10.9 Å². The predicted octanol–water partition coefficient (Wildman–Crippen LogP) is 6.39. The highest BCUT2D eigenvalue weighted by molar-refractivity contribution is 7.15. The maximum Gasteiger partial charge on any atom is 0.435 e. The van der Waals surface area contributed by atoms with Crippen molar-refractivity contribution in [2.24, 2.45) is 5.73 Å². The lowest BCUT2D eigenvalue weighted by Gasteiger charge is -2.45. The van der Waals surface area contributed by atoms with Gasteiger partial charge in [0.2, 0.25) is 0 Å². The Hall–Kier alpha value is -3.09. The van der Waals surface area contributed by atoms with Gasteiger partial charge in [-0.25, -0.2) is 4.98 Å². The lowest BCUT2D eigenvalue weighted by Crippen LogP contribution is -2.50. The fraction of sp³-hybridized carbons (Fsp3) is 0.435. The number of nitrogens with two attached hydrogens (primary N) is 1. The third-order valence-electron chi connectivity index (χ3n) is 6.27. The molecular weight excluding hydrogens is 510 g/mol. The molecule has 0 saturated heterocycles. The van der Waals surface area contributed by atoms with Crippen molar-refractivity contribution in [3.05, 3.63) is 46.6 Å². The quantitative estimate of drug-likeness (QED) is 0.294. The first-order valence-corrected chi connectivity index (χ1v) is 11.9. The van der Waals surface area contributed by atoms with Crippen LogP contribution in [0.5, 0.6) is 5.19 Å². The number of hydrogen-bond acceptors (Lipinski definition) is 6. The standard InChI is InChI=1S/C23H22F6N4O2S/c1-21(9-5-2-6-10-21)33(12-35-20-32-18(23(27,28)29)17(36-20)19(30)34)15-11-16(22(24,25)26)31-14-8-4-3-7-13(14)15/h3-4,7-8,11H,2,5-6,9-10,12H2,1H3,(H2,30,34). The average molecular weight is 533 g/mol. The van der Waals surface area contributed by atoms with Crippen LogP contribution in [0, 0.1) is 0 Å². The molecule has 0 radical (unpaired) electrons. The van der Waals surface area contributed by atoms with Crippen LogP contribution >= 0.6 is 11.3 Å². The summed E-state index contributed by atoms with van der Waals surface area (Å²) in [5.41, 5.74) is 2.19. The minimum Gasteiger partial charge on any atom is -0.449 e. The fourth-order valence-corrected chi connectivity index (χ4v) is 5.25. The highest BCUT2D eigenvalue weighted by atomic mass is 32.1. The van der Waals surface area contributed by atoms with Gasteiger partial charge < -0.3 is 15.4 Å². The SMILES string of the molecule is CC1(N(COc2nc(C(F)(F)F)c(C(N)=O)s2)c2cc(C(F)(F)F)nc3ccccc23)CCCCC1. The maximum absolute atomic E-state index is 13.7. The van der Waals surface area contributed by atoms with E-state index < -0.39 is 52.0 Å². The third-order valence-corrected chi connectivity index (χ3v) is 7.26. The van der Waals surface area contributed by atoms with E-state index in [1.165, 1.54) is 6.07 Å².